The number of phenolic OH excluding ortho intramolecular Hbond substituents is 2. The van der Waals surface area contributed by atoms with Crippen molar-refractivity contribution in [1.29, 1.82) is 0 Å². The molecule has 74 valence electrons. The first kappa shape index (κ1) is 14.7. The van der Waals surface area contributed by atoms with Crippen molar-refractivity contribution in [3.63, 3.8) is 0 Å². The molecule has 0 aliphatic rings. The second kappa shape index (κ2) is 8.94. The van der Waals surface area contributed by atoms with Crippen molar-refractivity contribution in [2.45, 2.75) is 0 Å². The van der Waals surface area contributed by atoms with E-state index < -0.39 is 0 Å². The molecule has 2 aromatic carbocycles. The minimum absolute atomic E-state index is 0. The summed E-state index contributed by atoms with van der Waals surface area (Å²) in [5.74, 6) is 0.644. The fourth-order valence-corrected chi connectivity index (χ4v) is 0.856. The minimum Gasteiger partial charge on any atom is -1.00 e. The SMILES string of the molecule is Oc1ccccc1.Oc1ccccc1.[H-].[K+]. The van der Waals surface area contributed by atoms with Gasteiger partial charge in [-0.2, -0.15) is 0 Å². The van der Waals surface area contributed by atoms with E-state index in [2.05, 4.69) is 0 Å². The van der Waals surface area contributed by atoms with Crippen molar-refractivity contribution >= 4 is 0 Å². The van der Waals surface area contributed by atoms with Crippen LogP contribution in [0, 0.1) is 0 Å². The molecule has 0 amide bonds. The van der Waals surface area contributed by atoms with Crippen LogP contribution in [0.2, 0.25) is 0 Å². The van der Waals surface area contributed by atoms with Gasteiger partial charge in [-0.15, -0.1) is 0 Å². The van der Waals surface area contributed by atoms with E-state index in [1.165, 1.54) is 0 Å². The van der Waals surface area contributed by atoms with Crippen LogP contribution < -0.4 is 51.4 Å². The van der Waals surface area contributed by atoms with Gasteiger partial charge in [0, 0.05) is 0 Å². The maximum Gasteiger partial charge on any atom is 1.00 e. The summed E-state index contributed by atoms with van der Waals surface area (Å²) in [6.45, 7) is 0. The zero-order valence-corrected chi connectivity index (χ0v) is 11.8. The molecule has 15 heavy (non-hydrogen) atoms. The van der Waals surface area contributed by atoms with E-state index >= 15 is 0 Å². The van der Waals surface area contributed by atoms with Gasteiger partial charge in [-0.1, -0.05) is 36.4 Å². The molecule has 0 saturated carbocycles. The molecule has 0 bridgehead atoms. The van der Waals surface area contributed by atoms with E-state index in [4.69, 9.17) is 10.2 Å². The molecule has 0 fully saturated rings. The summed E-state index contributed by atoms with van der Waals surface area (Å²) < 4.78 is 0. The van der Waals surface area contributed by atoms with Gasteiger partial charge in [0.15, 0.2) is 0 Å². The van der Waals surface area contributed by atoms with Crippen molar-refractivity contribution in [3.8, 4) is 11.5 Å². The number of aromatic hydroxyl groups is 2. The van der Waals surface area contributed by atoms with Crippen LogP contribution in [-0.2, 0) is 0 Å². The maximum atomic E-state index is 8.63. The monoisotopic (exact) mass is 228 g/mol. The summed E-state index contributed by atoms with van der Waals surface area (Å²) in [5, 5.41) is 17.3. The Morgan fingerprint density at radius 2 is 0.867 bits per heavy atom. The second-order valence-corrected chi connectivity index (χ2v) is 2.67. The Hall–Kier alpha value is -0.324. The third-order valence-electron chi connectivity index (χ3n) is 1.51. The second-order valence-electron chi connectivity index (χ2n) is 2.67. The molecule has 0 aliphatic heterocycles. The van der Waals surface area contributed by atoms with Crippen LogP contribution in [0.3, 0.4) is 0 Å². The Balaban J connectivity index is 0. The van der Waals surface area contributed by atoms with Crippen LogP contribution >= 0.6 is 0 Å². The van der Waals surface area contributed by atoms with Gasteiger partial charge >= 0.3 is 51.4 Å². The van der Waals surface area contributed by atoms with Gasteiger partial charge in [0.05, 0.1) is 0 Å². The third-order valence-corrected chi connectivity index (χ3v) is 1.51. The molecule has 2 nitrogen and oxygen atoms in total. The quantitative estimate of drug-likeness (QED) is 0.618. The molecule has 3 heteroatoms. The van der Waals surface area contributed by atoms with E-state index in [1.807, 2.05) is 12.1 Å². The molecule has 0 atom stereocenters. The normalized spacial score (nSPS) is 8.00. The first-order chi connectivity index (χ1) is 6.79. The fraction of sp³-hybridized carbons (Fsp3) is 0. The number of hydrogen-bond acceptors (Lipinski definition) is 2. The Bertz CT molecular complexity index is 316. The predicted molar refractivity (Wildman–Crippen MR) is 57.3 cm³/mol. The Kier molecular flexibility index (Phi) is 8.75. The van der Waals surface area contributed by atoms with Crippen LogP contribution in [0.1, 0.15) is 1.43 Å². The van der Waals surface area contributed by atoms with Crippen LogP contribution in [-0.4, -0.2) is 10.2 Å². The maximum absolute atomic E-state index is 8.63. The van der Waals surface area contributed by atoms with Crippen LogP contribution in [0.25, 0.3) is 0 Å². The van der Waals surface area contributed by atoms with Crippen molar-refractivity contribution in [3.05, 3.63) is 60.7 Å². The smallest absolute Gasteiger partial charge is 1.00 e. The van der Waals surface area contributed by atoms with Gasteiger partial charge in [-0.25, -0.2) is 0 Å². The molecule has 0 saturated heterocycles. The topological polar surface area (TPSA) is 40.5 Å². The number of benzene rings is 2. The molecule has 2 N–H and O–H groups in total. The van der Waals surface area contributed by atoms with Gasteiger partial charge in [-0.3, -0.25) is 0 Å². The average molecular weight is 228 g/mol. The van der Waals surface area contributed by atoms with Crippen molar-refractivity contribution in [2.24, 2.45) is 0 Å². The van der Waals surface area contributed by atoms with Crippen LogP contribution in [0.5, 0.6) is 11.5 Å². The average Bonchev–Trinajstić information content (AvgIpc) is 2.21. The van der Waals surface area contributed by atoms with Gasteiger partial charge < -0.3 is 11.6 Å². The summed E-state index contributed by atoms with van der Waals surface area (Å²) in [4.78, 5) is 0. The summed E-state index contributed by atoms with van der Waals surface area (Å²) in [6.07, 6.45) is 0. The van der Waals surface area contributed by atoms with Crippen molar-refractivity contribution < 1.29 is 63.0 Å². The fourth-order valence-electron chi connectivity index (χ4n) is 0.856. The molecule has 2 aromatic rings. The number of para-hydroxylation sites is 2. The van der Waals surface area contributed by atoms with Gasteiger partial charge in [0.25, 0.3) is 0 Å². The first-order valence-corrected chi connectivity index (χ1v) is 4.27. The van der Waals surface area contributed by atoms with E-state index in [0.717, 1.165) is 0 Å². The first-order valence-electron chi connectivity index (χ1n) is 4.27. The summed E-state index contributed by atoms with van der Waals surface area (Å²) in [6, 6.07) is 17.4. The van der Waals surface area contributed by atoms with Gasteiger partial charge in [0.2, 0.25) is 0 Å². The summed E-state index contributed by atoms with van der Waals surface area (Å²) in [5.41, 5.74) is 0. The zero-order valence-electron chi connectivity index (χ0n) is 9.67. The summed E-state index contributed by atoms with van der Waals surface area (Å²) >= 11 is 0. The molecule has 0 unspecified atom stereocenters. The largest absolute Gasteiger partial charge is 1.00 e. The number of rotatable bonds is 0. The molecule has 0 aliphatic carbocycles. The number of hydrogen-bond donors (Lipinski definition) is 2. The van der Waals surface area contributed by atoms with Gasteiger partial charge in [-0.05, 0) is 24.3 Å². The van der Waals surface area contributed by atoms with E-state index in [1.54, 1.807) is 48.5 Å². The van der Waals surface area contributed by atoms with Crippen LogP contribution in [0.15, 0.2) is 60.7 Å². The third kappa shape index (κ3) is 7.59. The minimum atomic E-state index is 0. The standard InChI is InChI=1S/2C6H6O.K.H/c2*7-6-4-2-1-3-5-6;;/h2*1-5,7H;;/q;;+1;-1. The van der Waals surface area contributed by atoms with E-state index in [-0.39, 0.29) is 52.8 Å². The Labute approximate surface area is 133 Å². The molecule has 0 spiro atoms. The molecular formula is C12H13KO2. The molecule has 0 aromatic heterocycles. The van der Waals surface area contributed by atoms with E-state index in [0.29, 0.717) is 11.5 Å². The summed E-state index contributed by atoms with van der Waals surface area (Å²) in [7, 11) is 0. The van der Waals surface area contributed by atoms with E-state index in [9.17, 15) is 0 Å². The van der Waals surface area contributed by atoms with Crippen LogP contribution in [0.4, 0.5) is 0 Å². The molecule has 0 heterocycles. The predicted octanol–water partition coefficient (Wildman–Crippen LogP) is -0.0991. The Morgan fingerprint density at radius 3 is 1.00 bits per heavy atom. The van der Waals surface area contributed by atoms with Crippen molar-refractivity contribution in [2.75, 3.05) is 0 Å². The molecule has 2 rings (SSSR count). The number of phenols is 2. The molecular weight excluding hydrogens is 215 g/mol. The molecule has 0 radical (unpaired) electrons. The zero-order chi connectivity index (χ0) is 10.2. The van der Waals surface area contributed by atoms with Gasteiger partial charge in [0.1, 0.15) is 11.5 Å². The van der Waals surface area contributed by atoms with Crippen molar-refractivity contribution in [1.82, 2.24) is 0 Å². The Morgan fingerprint density at radius 1 is 0.600 bits per heavy atom.